The third kappa shape index (κ3) is 4.38. The number of nitrogens with zero attached hydrogens (tertiary/aromatic N) is 5. The Morgan fingerprint density at radius 2 is 2.00 bits per heavy atom. The number of hydrogen-bond acceptors (Lipinski definition) is 7. The Hall–Kier alpha value is -2.22. The molecular formula is C13H21N7O. The van der Waals surface area contributed by atoms with Crippen LogP contribution in [0.5, 0.6) is 0 Å². The van der Waals surface area contributed by atoms with Gasteiger partial charge in [0.25, 0.3) is 0 Å². The zero-order chi connectivity index (χ0) is 15.1. The number of ether oxygens (including phenoxy) is 1. The van der Waals surface area contributed by atoms with Gasteiger partial charge in [-0.2, -0.15) is 0 Å². The molecule has 8 nitrogen and oxygen atoms in total. The highest BCUT2D eigenvalue weighted by molar-refractivity contribution is 5.47. The molecule has 0 unspecified atom stereocenters. The van der Waals surface area contributed by atoms with Gasteiger partial charge in [-0.25, -0.2) is 9.97 Å². The Labute approximate surface area is 124 Å². The van der Waals surface area contributed by atoms with Crippen molar-refractivity contribution >= 4 is 11.6 Å². The summed E-state index contributed by atoms with van der Waals surface area (Å²) in [6.07, 6.45) is 2.47. The van der Waals surface area contributed by atoms with Gasteiger partial charge in [-0.1, -0.05) is 0 Å². The van der Waals surface area contributed by atoms with Gasteiger partial charge in [-0.05, 0) is 6.92 Å². The summed E-state index contributed by atoms with van der Waals surface area (Å²) in [6.45, 7) is 3.94. The highest BCUT2D eigenvalue weighted by Crippen LogP contribution is 2.12. The number of nitrogens with one attached hydrogen (secondary N) is 2. The molecule has 0 aliphatic carbocycles. The molecule has 0 aromatic carbocycles. The van der Waals surface area contributed by atoms with Crippen LogP contribution in [0.3, 0.4) is 0 Å². The first-order valence-corrected chi connectivity index (χ1v) is 6.90. The molecule has 2 N–H and O–H groups in total. The normalized spacial score (nSPS) is 10.6. The van der Waals surface area contributed by atoms with E-state index in [0.29, 0.717) is 12.4 Å². The standard InChI is InChI=1S/C13H21N7O/c1-4-14-10-7-11(18-12(17-10)8-21-3)15-6-5-13-19-16-9-20(13)2/h7,9H,4-6,8H2,1-3H3,(H2,14,15,17,18). The first kappa shape index (κ1) is 15.2. The van der Waals surface area contributed by atoms with Crippen LogP contribution in [0.1, 0.15) is 18.6 Å². The molecule has 2 heterocycles. The lowest BCUT2D eigenvalue weighted by atomic mass is 10.4. The van der Waals surface area contributed by atoms with E-state index in [1.807, 2.05) is 24.6 Å². The summed E-state index contributed by atoms with van der Waals surface area (Å²) < 4.78 is 7.00. The molecule has 0 radical (unpaired) electrons. The first-order chi connectivity index (χ1) is 10.2. The molecule has 0 saturated heterocycles. The van der Waals surface area contributed by atoms with E-state index in [0.717, 1.165) is 37.0 Å². The largest absolute Gasteiger partial charge is 0.377 e. The summed E-state index contributed by atoms with van der Waals surface area (Å²) in [5, 5.41) is 14.4. The van der Waals surface area contributed by atoms with E-state index in [2.05, 4.69) is 30.8 Å². The van der Waals surface area contributed by atoms with E-state index in [4.69, 9.17) is 4.74 Å². The van der Waals surface area contributed by atoms with Crippen molar-refractivity contribution in [1.82, 2.24) is 24.7 Å². The minimum absolute atomic E-state index is 0.386. The Bertz CT molecular complexity index is 545. The molecule has 8 heteroatoms. The number of hydrogen-bond donors (Lipinski definition) is 2. The maximum absolute atomic E-state index is 5.09. The summed E-state index contributed by atoms with van der Waals surface area (Å²) in [4.78, 5) is 8.79. The van der Waals surface area contributed by atoms with E-state index in [-0.39, 0.29) is 0 Å². The van der Waals surface area contributed by atoms with Gasteiger partial charge in [-0.15, -0.1) is 10.2 Å². The number of aryl methyl sites for hydroxylation is 1. The van der Waals surface area contributed by atoms with Gasteiger partial charge in [0.05, 0.1) is 0 Å². The summed E-state index contributed by atoms with van der Waals surface area (Å²) in [5.41, 5.74) is 0. The summed E-state index contributed by atoms with van der Waals surface area (Å²) in [5.74, 6) is 3.15. The van der Waals surface area contributed by atoms with Crippen LogP contribution in [0.15, 0.2) is 12.4 Å². The van der Waals surface area contributed by atoms with Gasteiger partial charge in [0.15, 0.2) is 5.82 Å². The third-order valence-electron chi connectivity index (χ3n) is 2.86. The number of rotatable bonds is 8. The fourth-order valence-corrected chi connectivity index (χ4v) is 1.89. The van der Waals surface area contributed by atoms with Crippen LogP contribution in [0.25, 0.3) is 0 Å². The van der Waals surface area contributed by atoms with Crippen LogP contribution in [-0.2, 0) is 24.8 Å². The van der Waals surface area contributed by atoms with Gasteiger partial charge >= 0.3 is 0 Å². The zero-order valence-electron chi connectivity index (χ0n) is 12.6. The highest BCUT2D eigenvalue weighted by atomic mass is 16.5. The van der Waals surface area contributed by atoms with Crippen molar-refractivity contribution < 1.29 is 4.74 Å². The molecule has 2 aromatic heterocycles. The minimum atomic E-state index is 0.386. The molecule has 0 aliphatic rings. The van der Waals surface area contributed by atoms with Crippen LogP contribution in [0, 0.1) is 0 Å². The number of anilines is 2. The second-order valence-electron chi connectivity index (χ2n) is 4.55. The SMILES string of the molecule is CCNc1cc(NCCc2nncn2C)nc(COC)n1. The first-order valence-electron chi connectivity index (χ1n) is 6.90. The van der Waals surface area contributed by atoms with Crippen LogP contribution in [-0.4, -0.2) is 44.9 Å². The fraction of sp³-hybridized carbons (Fsp3) is 0.538. The van der Waals surface area contributed by atoms with Gasteiger partial charge in [0.2, 0.25) is 0 Å². The highest BCUT2D eigenvalue weighted by Gasteiger charge is 2.05. The summed E-state index contributed by atoms with van der Waals surface area (Å²) in [7, 11) is 3.56. The van der Waals surface area contributed by atoms with E-state index in [9.17, 15) is 0 Å². The molecule has 0 amide bonds. The van der Waals surface area contributed by atoms with Crippen molar-refractivity contribution in [1.29, 1.82) is 0 Å². The Balaban J connectivity index is 1.99. The van der Waals surface area contributed by atoms with Crippen molar-refractivity contribution in [2.45, 2.75) is 20.0 Å². The minimum Gasteiger partial charge on any atom is -0.377 e. The Morgan fingerprint density at radius 3 is 2.62 bits per heavy atom. The molecule has 2 aromatic rings. The molecule has 0 aliphatic heterocycles. The van der Waals surface area contributed by atoms with Crippen molar-refractivity contribution in [2.24, 2.45) is 7.05 Å². The van der Waals surface area contributed by atoms with Crippen LogP contribution in [0.4, 0.5) is 11.6 Å². The molecule has 21 heavy (non-hydrogen) atoms. The summed E-state index contributed by atoms with van der Waals surface area (Å²) in [6, 6.07) is 1.89. The lowest BCUT2D eigenvalue weighted by molar-refractivity contribution is 0.178. The average Bonchev–Trinajstić information content (AvgIpc) is 2.85. The van der Waals surface area contributed by atoms with Crippen molar-refractivity contribution in [3.8, 4) is 0 Å². The third-order valence-corrected chi connectivity index (χ3v) is 2.86. The maximum Gasteiger partial charge on any atom is 0.158 e. The second kappa shape index (κ2) is 7.53. The Morgan fingerprint density at radius 1 is 1.24 bits per heavy atom. The van der Waals surface area contributed by atoms with Crippen molar-refractivity contribution in [3.05, 3.63) is 24.0 Å². The number of aromatic nitrogens is 5. The predicted molar refractivity (Wildman–Crippen MR) is 80.1 cm³/mol. The molecule has 0 fully saturated rings. The molecule has 0 atom stereocenters. The van der Waals surface area contributed by atoms with Gasteiger partial charge in [0, 0.05) is 39.7 Å². The quantitative estimate of drug-likeness (QED) is 0.744. The van der Waals surface area contributed by atoms with Crippen molar-refractivity contribution in [3.63, 3.8) is 0 Å². The van der Waals surface area contributed by atoms with Crippen molar-refractivity contribution in [2.75, 3.05) is 30.8 Å². The zero-order valence-corrected chi connectivity index (χ0v) is 12.6. The van der Waals surface area contributed by atoms with Gasteiger partial charge in [0.1, 0.15) is 30.4 Å². The van der Waals surface area contributed by atoms with E-state index in [1.165, 1.54) is 0 Å². The predicted octanol–water partition coefficient (Wildman–Crippen LogP) is 0.838. The smallest absolute Gasteiger partial charge is 0.158 e. The molecule has 2 rings (SSSR count). The fourth-order valence-electron chi connectivity index (χ4n) is 1.89. The van der Waals surface area contributed by atoms with E-state index >= 15 is 0 Å². The van der Waals surface area contributed by atoms with Crippen LogP contribution >= 0.6 is 0 Å². The molecule has 0 bridgehead atoms. The monoisotopic (exact) mass is 291 g/mol. The summed E-state index contributed by atoms with van der Waals surface area (Å²) >= 11 is 0. The number of methoxy groups -OCH3 is 1. The lowest BCUT2D eigenvalue weighted by Gasteiger charge is -2.10. The molecule has 0 spiro atoms. The second-order valence-corrected chi connectivity index (χ2v) is 4.55. The molecule has 0 saturated carbocycles. The average molecular weight is 291 g/mol. The van der Waals surface area contributed by atoms with Gasteiger partial charge < -0.3 is 19.9 Å². The van der Waals surface area contributed by atoms with Gasteiger partial charge in [-0.3, -0.25) is 0 Å². The lowest BCUT2D eigenvalue weighted by Crippen LogP contribution is -2.12. The van der Waals surface area contributed by atoms with E-state index in [1.54, 1.807) is 13.4 Å². The topological polar surface area (TPSA) is 89.8 Å². The van der Waals surface area contributed by atoms with E-state index < -0.39 is 0 Å². The molecule has 114 valence electrons. The maximum atomic E-state index is 5.09. The molecular weight excluding hydrogens is 270 g/mol. The van der Waals surface area contributed by atoms with Crippen LogP contribution < -0.4 is 10.6 Å². The van der Waals surface area contributed by atoms with Crippen LogP contribution in [0.2, 0.25) is 0 Å². The Kier molecular flexibility index (Phi) is 5.44.